The van der Waals surface area contributed by atoms with Gasteiger partial charge in [-0.15, -0.1) is 11.8 Å². The van der Waals surface area contributed by atoms with Crippen molar-refractivity contribution < 1.29 is 14.6 Å². The highest BCUT2D eigenvalue weighted by molar-refractivity contribution is 7.99. The van der Waals surface area contributed by atoms with E-state index in [-0.39, 0.29) is 6.61 Å². The van der Waals surface area contributed by atoms with Crippen molar-refractivity contribution in [3.05, 3.63) is 12.3 Å². The maximum Gasteiger partial charge on any atom is 0.413 e. The first-order chi connectivity index (χ1) is 12.4. The van der Waals surface area contributed by atoms with Gasteiger partial charge in [-0.2, -0.15) is 9.61 Å². The number of carbonyl (C=O) groups is 1. The lowest BCUT2D eigenvalue weighted by molar-refractivity contribution is 0.0635. The van der Waals surface area contributed by atoms with Crippen LogP contribution in [0.25, 0.3) is 5.65 Å². The van der Waals surface area contributed by atoms with Gasteiger partial charge in [0.2, 0.25) is 0 Å². The van der Waals surface area contributed by atoms with Gasteiger partial charge in [-0.1, -0.05) is 0 Å². The Balaban J connectivity index is 1.96. The molecule has 2 aromatic rings. The van der Waals surface area contributed by atoms with Crippen molar-refractivity contribution in [1.82, 2.24) is 14.6 Å². The molecule has 0 saturated carbocycles. The fraction of sp³-hybridized carbons (Fsp3) is 0.588. The van der Waals surface area contributed by atoms with Gasteiger partial charge in [-0.05, 0) is 33.6 Å². The first-order valence-electron chi connectivity index (χ1n) is 8.75. The van der Waals surface area contributed by atoms with Gasteiger partial charge in [-0.3, -0.25) is 5.32 Å². The van der Waals surface area contributed by atoms with Crippen LogP contribution in [0, 0.1) is 0 Å². The van der Waals surface area contributed by atoms with Gasteiger partial charge in [-0.25, -0.2) is 9.78 Å². The van der Waals surface area contributed by atoms with Crippen LogP contribution in [0.4, 0.5) is 16.4 Å². The molecule has 1 amide bonds. The van der Waals surface area contributed by atoms with Gasteiger partial charge < -0.3 is 14.7 Å². The predicted octanol–water partition coefficient (Wildman–Crippen LogP) is 2.76. The molecule has 1 aliphatic rings. The minimum absolute atomic E-state index is 0.0802. The zero-order chi connectivity index (χ0) is 18.7. The number of rotatable bonds is 5. The Bertz CT molecular complexity index is 781. The fourth-order valence-corrected chi connectivity index (χ4v) is 3.49. The second-order valence-electron chi connectivity index (χ2n) is 7.14. The number of ether oxygens (including phenoxy) is 1. The normalized spacial score (nSPS) is 14.8. The van der Waals surface area contributed by atoms with E-state index >= 15 is 0 Å². The average molecular weight is 379 g/mol. The van der Waals surface area contributed by atoms with E-state index in [4.69, 9.17) is 14.8 Å². The van der Waals surface area contributed by atoms with Crippen LogP contribution >= 0.6 is 11.8 Å². The summed E-state index contributed by atoms with van der Waals surface area (Å²) in [6.45, 7) is 7.44. The van der Waals surface area contributed by atoms with E-state index in [0.717, 1.165) is 36.6 Å². The molecule has 1 saturated heterocycles. The van der Waals surface area contributed by atoms with E-state index in [1.54, 1.807) is 10.7 Å². The Morgan fingerprint density at radius 1 is 1.38 bits per heavy atom. The lowest BCUT2D eigenvalue weighted by Crippen LogP contribution is -2.28. The standard InChI is InChI=1S/C17H25N5O3S/c1-17(2,3)25-16(24)20-14-10-13(21-6-4-5-7-21)19-15-12(26-9-8-23)11-18-22(14)15/h10-11,23H,4-9H2,1-3H3,(H,20,24). The van der Waals surface area contributed by atoms with Crippen molar-refractivity contribution in [3.8, 4) is 0 Å². The van der Waals surface area contributed by atoms with Gasteiger partial charge in [0.15, 0.2) is 5.65 Å². The molecule has 0 spiro atoms. The highest BCUT2D eigenvalue weighted by Gasteiger charge is 2.21. The second kappa shape index (κ2) is 7.71. The highest BCUT2D eigenvalue weighted by atomic mass is 32.2. The summed E-state index contributed by atoms with van der Waals surface area (Å²) in [4.78, 5) is 20.1. The molecule has 26 heavy (non-hydrogen) atoms. The van der Waals surface area contributed by atoms with E-state index in [1.807, 2.05) is 26.8 Å². The zero-order valence-corrected chi connectivity index (χ0v) is 16.2. The summed E-state index contributed by atoms with van der Waals surface area (Å²) in [5, 5.41) is 16.2. The number of aliphatic hydroxyl groups is 1. The predicted molar refractivity (Wildman–Crippen MR) is 102 cm³/mol. The number of anilines is 2. The maximum atomic E-state index is 12.2. The summed E-state index contributed by atoms with van der Waals surface area (Å²) in [7, 11) is 0. The molecule has 0 atom stereocenters. The van der Waals surface area contributed by atoms with Crippen molar-refractivity contribution in [2.24, 2.45) is 0 Å². The first kappa shape index (κ1) is 18.8. The molecule has 1 fully saturated rings. The zero-order valence-electron chi connectivity index (χ0n) is 15.4. The van der Waals surface area contributed by atoms with Crippen LogP contribution in [0.3, 0.4) is 0 Å². The minimum Gasteiger partial charge on any atom is -0.444 e. The molecule has 0 bridgehead atoms. The van der Waals surface area contributed by atoms with E-state index < -0.39 is 11.7 Å². The lowest BCUT2D eigenvalue weighted by Gasteiger charge is -2.21. The number of carbonyl (C=O) groups excluding carboxylic acids is 1. The Morgan fingerprint density at radius 3 is 2.77 bits per heavy atom. The van der Waals surface area contributed by atoms with Crippen molar-refractivity contribution in [3.63, 3.8) is 0 Å². The van der Waals surface area contributed by atoms with E-state index in [9.17, 15) is 4.79 Å². The SMILES string of the molecule is CC(C)(C)OC(=O)Nc1cc(N2CCCC2)nc2c(SCCO)cnn12. The maximum absolute atomic E-state index is 12.2. The summed E-state index contributed by atoms with van der Waals surface area (Å²) in [5.74, 6) is 1.89. The van der Waals surface area contributed by atoms with Crippen LogP contribution in [0.15, 0.2) is 17.2 Å². The lowest BCUT2D eigenvalue weighted by atomic mass is 10.2. The Hall–Kier alpha value is -2.00. The van der Waals surface area contributed by atoms with E-state index in [1.165, 1.54) is 11.8 Å². The molecule has 2 aromatic heterocycles. The number of hydrogen-bond acceptors (Lipinski definition) is 7. The molecule has 0 aliphatic carbocycles. The molecular weight excluding hydrogens is 354 g/mol. The molecule has 1 aliphatic heterocycles. The van der Waals surface area contributed by atoms with E-state index in [0.29, 0.717) is 17.2 Å². The molecular formula is C17H25N5O3S. The van der Waals surface area contributed by atoms with Crippen LogP contribution in [-0.4, -0.2) is 56.8 Å². The number of fused-ring (bicyclic) bond motifs is 1. The van der Waals surface area contributed by atoms with Crippen molar-refractivity contribution >= 4 is 35.1 Å². The van der Waals surface area contributed by atoms with Crippen LogP contribution < -0.4 is 10.2 Å². The number of hydrogen-bond donors (Lipinski definition) is 2. The van der Waals surface area contributed by atoms with Crippen molar-refractivity contribution in [2.75, 3.05) is 35.7 Å². The summed E-state index contributed by atoms with van der Waals surface area (Å²) in [6, 6.07) is 1.83. The Labute approximate surface area is 156 Å². The Morgan fingerprint density at radius 2 is 2.12 bits per heavy atom. The molecule has 142 valence electrons. The van der Waals surface area contributed by atoms with Gasteiger partial charge in [0, 0.05) is 24.9 Å². The summed E-state index contributed by atoms with van der Waals surface area (Å²) in [6.07, 6.45) is 3.44. The second-order valence-corrected chi connectivity index (χ2v) is 8.27. The number of nitrogens with zero attached hydrogens (tertiary/aromatic N) is 4. The number of nitrogens with one attached hydrogen (secondary N) is 1. The molecule has 0 aromatic carbocycles. The molecule has 9 heteroatoms. The van der Waals surface area contributed by atoms with Crippen molar-refractivity contribution in [2.45, 2.75) is 44.1 Å². The topological polar surface area (TPSA) is 92.0 Å². The number of thioether (sulfide) groups is 1. The molecule has 8 nitrogen and oxygen atoms in total. The quantitative estimate of drug-likeness (QED) is 0.772. The largest absolute Gasteiger partial charge is 0.444 e. The van der Waals surface area contributed by atoms with Crippen LogP contribution in [0.1, 0.15) is 33.6 Å². The van der Waals surface area contributed by atoms with Gasteiger partial charge in [0.05, 0.1) is 17.7 Å². The molecule has 3 rings (SSSR count). The van der Waals surface area contributed by atoms with Gasteiger partial charge in [0.25, 0.3) is 0 Å². The van der Waals surface area contributed by atoms with E-state index in [2.05, 4.69) is 15.3 Å². The Kier molecular flexibility index (Phi) is 5.57. The molecule has 2 N–H and O–H groups in total. The highest BCUT2D eigenvalue weighted by Crippen LogP contribution is 2.29. The summed E-state index contributed by atoms with van der Waals surface area (Å²) in [5.41, 5.74) is 0.0826. The van der Waals surface area contributed by atoms with Gasteiger partial charge >= 0.3 is 6.09 Å². The number of aromatic nitrogens is 3. The average Bonchev–Trinajstić information content (AvgIpc) is 3.21. The van der Waals surface area contributed by atoms with Crippen molar-refractivity contribution in [1.29, 1.82) is 0 Å². The molecule has 0 radical (unpaired) electrons. The fourth-order valence-electron chi connectivity index (χ4n) is 2.79. The smallest absolute Gasteiger partial charge is 0.413 e. The minimum atomic E-state index is -0.583. The number of amides is 1. The van der Waals surface area contributed by atoms with Crippen LogP contribution in [-0.2, 0) is 4.74 Å². The summed E-state index contributed by atoms with van der Waals surface area (Å²) < 4.78 is 6.96. The number of aliphatic hydroxyl groups excluding tert-OH is 1. The monoisotopic (exact) mass is 379 g/mol. The third kappa shape index (κ3) is 4.39. The van der Waals surface area contributed by atoms with Crippen LogP contribution in [0.2, 0.25) is 0 Å². The summed E-state index contributed by atoms with van der Waals surface area (Å²) >= 11 is 1.49. The third-order valence-corrected chi connectivity index (χ3v) is 4.82. The van der Waals surface area contributed by atoms with Crippen LogP contribution in [0.5, 0.6) is 0 Å². The molecule has 3 heterocycles. The molecule has 0 unspecified atom stereocenters. The van der Waals surface area contributed by atoms with Gasteiger partial charge in [0.1, 0.15) is 17.2 Å². The third-order valence-electron chi connectivity index (χ3n) is 3.83. The first-order valence-corrected chi connectivity index (χ1v) is 9.73.